The van der Waals surface area contributed by atoms with E-state index in [2.05, 4.69) is 32.3 Å². The number of alkyl halides is 1. The zero-order valence-corrected chi connectivity index (χ0v) is 20.9. The molecule has 0 spiro atoms. The molecule has 0 saturated heterocycles. The van der Waals surface area contributed by atoms with Crippen LogP contribution in [-0.2, 0) is 22.7 Å². The summed E-state index contributed by atoms with van der Waals surface area (Å²) in [5.74, 6) is 1.22. The fourth-order valence-electron chi connectivity index (χ4n) is 4.65. The summed E-state index contributed by atoms with van der Waals surface area (Å²) >= 11 is 7.20. The van der Waals surface area contributed by atoms with E-state index in [1.54, 1.807) is 29.8 Å². The minimum absolute atomic E-state index is 0.0571. The molecule has 1 amide bonds. The number of hydrogen-bond acceptors (Lipinski definition) is 7. The summed E-state index contributed by atoms with van der Waals surface area (Å²) in [7, 11) is 0. The molecule has 3 aromatic rings. The highest BCUT2D eigenvalue weighted by molar-refractivity contribution is 6.24. The van der Waals surface area contributed by atoms with Crippen LogP contribution < -0.4 is 4.74 Å². The van der Waals surface area contributed by atoms with E-state index in [1.165, 1.54) is 0 Å². The number of amides is 1. The molecule has 35 heavy (non-hydrogen) atoms. The number of ether oxygens (including phenoxy) is 2. The predicted molar refractivity (Wildman–Crippen MR) is 129 cm³/mol. The van der Waals surface area contributed by atoms with E-state index in [9.17, 15) is 4.79 Å². The Bertz CT molecular complexity index is 1200. The zero-order chi connectivity index (χ0) is 24.6. The first-order valence-electron chi connectivity index (χ1n) is 11.8. The van der Waals surface area contributed by atoms with E-state index in [4.69, 9.17) is 21.1 Å². The molecule has 2 aromatic heterocycles. The van der Waals surface area contributed by atoms with Gasteiger partial charge in [0, 0.05) is 12.4 Å². The number of aromatic nitrogens is 5. The van der Waals surface area contributed by atoms with Crippen molar-refractivity contribution in [2.24, 2.45) is 0 Å². The van der Waals surface area contributed by atoms with Gasteiger partial charge >= 0.3 is 6.09 Å². The standard InChI is InChI=1S/C25H29ClN6O3/c1-24(2,3)35-23(33)31-14-17-12-18(4-5-20(17)32-16-29-30-21(32)15-31)25(26)8-6-19(7-9-25)34-22-13-27-10-11-28-22/h4-5,10-13,16,19H,6-9,14-15H2,1-3H3. The Labute approximate surface area is 209 Å². The van der Waals surface area contributed by atoms with Crippen LogP contribution in [0.1, 0.15) is 63.4 Å². The molecular weight excluding hydrogens is 468 g/mol. The maximum atomic E-state index is 12.9. The maximum Gasteiger partial charge on any atom is 0.411 e. The molecule has 9 nitrogen and oxygen atoms in total. The second kappa shape index (κ2) is 9.11. The monoisotopic (exact) mass is 496 g/mol. The van der Waals surface area contributed by atoms with Crippen molar-refractivity contribution in [3.63, 3.8) is 0 Å². The van der Waals surface area contributed by atoms with Crippen LogP contribution in [0.15, 0.2) is 43.1 Å². The molecule has 1 fully saturated rings. The Morgan fingerprint density at radius 3 is 2.69 bits per heavy atom. The third kappa shape index (κ3) is 5.10. The number of halogens is 1. The molecule has 1 aromatic carbocycles. The number of carbonyl (C=O) groups is 1. The number of rotatable bonds is 3. The highest BCUT2D eigenvalue weighted by Gasteiger charge is 2.37. The molecule has 2 aliphatic rings. The fraction of sp³-hybridized carbons (Fsp3) is 0.480. The van der Waals surface area contributed by atoms with Gasteiger partial charge in [-0.05, 0) is 63.6 Å². The van der Waals surface area contributed by atoms with Gasteiger partial charge in [-0.2, -0.15) is 0 Å². The zero-order valence-electron chi connectivity index (χ0n) is 20.1. The van der Waals surface area contributed by atoms with Gasteiger partial charge in [-0.1, -0.05) is 12.1 Å². The van der Waals surface area contributed by atoms with Gasteiger partial charge in [0.25, 0.3) is 0 Å². The summed E-state index contributed by atoms with van der Waals surface area (Å²) in [5, 5.41) is 8.29. The average Bonchev–Trinajstić information content (AvgIpc) is 3.21. The van der Waals surface area contributed by atoms with Crippen molar-refractivity contribution in [3.05, 3.63) is 60.1 Å². The van der Waals surface area contributed by atoms with Crippen molar-refractivity contribution < 1.29 is 14.3 Å². The summed E-state index contributed by atoms with van der Waals surface area (Å²) in [4.78, 5) is 22.4. The molecule has 10 heteroatoms. The summed E-state index contributed by atoms with van der Waals surface area (Å²) in [6.45, 7) is 6.29. The van der Waals surface area contributed by atoms with Crippen molar-refractivity contribution in [2.45, 2.75) is 76.1 Å². The molecule has 0 N–H and O–H groups in total. The van der Waals surface area contributed by atoms with Crippen LogP contribution in [0.2, 0.25) is 0 Å². The summed E-state index contributed by atoms with van der Waals surface area (Å²) in [6, 6.07) is 6.23. The van der Waals surface area contributed by atoms with E-state index in [0.717, 1.165) is 42.5 Å². The molecule has 0 bridgehead atoms. The van der Waals surface area contributed by atoms with Gasteiger partial charge in [0.1, 0.15) is 18.0 Å². The second-order valence-electron chi connectivity index (χ2n) is 10.1. The van der Waals surface area contributed by atoms with Crippen LogP contribution in [0, 0.1) is 0 Å². The largest absolute Gasteiger partial charge is 0.473 e. The Hall–Kier alpha value is -3.20. The number of nitrogens with zero attached hydrogens (tertiary/aromatic N) is 6. The summed E-state index contributed by atoms with van der Waals surface area (Å²) < 4.78 is 13.6. The third-order valence-corrected chi connectivity index (χ3v) is 6.97. The molecule has 5 rings (SSSR count). The van der Waals surface area contributed by atoms with Gasteiger partial charge in [-0.15, -0.1) is 21.8 Å². The number of carbonyl (C=O) groups excluding carboxylic acids is 1. The molecule has 0 radical (unpaired) electrons. The van der Waals surface area contributed by atoms with Gasteiger partial charge in [0.15, 0.2) is 5.82 Å². The van der Waals surface area contributed by atoms with Gasteiger partial charge < -0.3 is 9.47 Å². The van der Waals surface area contributed by atoms with E-state index in [-0.39, 0.29) is 12.2 Å². The van der Waals surface area contributed by atoms with Crippen molar-refractivity contribution in [1.29, 1.82) is 0 Å². The summed E-state index contributed by atoms with van der Waals surface area (Å²) in [6.07, 6.45) is 9.41. The van der Waals surface area contributed by atoms with Crippen LogP contribution in [0.3, 0.4) is 0 Å². The molecule has 3 heterocycles. The van der Waals surface area contributed by atoms with Gasteiger partial charge in [0.05, 0.1) is 29.8 Å². The van der Waals surface area contributed by atoms with E-state index < -0.39 is 10.5 Å². The van der Waals surface area contributed by atoms with Crippen molar-refractivity contribution in [1.82, 2.24) is 29.6 Å². The topological polar surface area (TPSA) is 95.3 Å². The van der Waals surface area contributed by atoms with E-state index in [0.29, 0.717) is 24.8 Å². The van der Waals surface area contributed by atoms with Crippen LogP contribution in [0.4, 0.5) is 4.79 Å². The fourth-order valence-corrected chi connectivity index (χ4v) is 4.99. The molecule has 1 aliphatic heterocycles. The van der Waals surface area contributed by atoms with Crippen molar-refractivity contribution in [2.75, 3.05) is 0 Å². The lowest BCUT2D eigenvalue weighted by Gasteiger charge is -2.36. The smallest absolute Gasteiger partial charge is 0.411 e. The SMILES string of the molecule is CC(C)(C)OC(=O)N1Cc2cc(C3(Cl)CCC(Oc4cnccn4)CC3)ccc2-n2cnnc2C1. The Balaban J connectivity index is 1.37. The molecule has 0 atom stereocenters. The van der Waals surface area contributed by atoms with Crippen LogP contribution in [-0.4, -0.2) is 47.4 Å². The van der Waals surface area contributed by atoms with Crippen LogP contribution in [0.25, 0.3) is 5.69 Å². The predicted octanol–water partition coefficient (Wildman–Crippen LogP) is 4.76. The first-order valence-corrected chi connectivity index (χ1v) is 12.2. The first-order chi connectivity index (χ1) is 16.7. The highest BCUT2D eigenvalue weighted by atomic mass is 35.5. The Morgan fingerprint density at radius 1 is 1.17 bits per heavy atom. The number of fused-ring (bicyclic) bond motifs is 3. The van der Waals surface area contributed by atoms with Crippen LogP contribution in [0.5, 0.6) is 5.88 Å². The van der Waals surface area contributed by atoms with Gasteiger partial charge in [-0.25, -0.2) is 9.78 Å². The minimum Gasteiger partial charge on any atom is -0.473 e. The molecular formula is C25H29ClN6O3. The van der Waals surface area contributed by atoms with E-state index in [1.807, 2.05) is 31.4 Å². The lowest BCUT2D eigenvalue weighted by molar-refractivity contribution is 0.0214. The second-order valence-corrected chi connectivity index (χ2v) is 10.8. The third-order valence-electron chi connectivity index (χ3n) is 6.37. The maximum absolute atomic E-state index is 12.9. The molecule has 1 saturated carbocycles. The van der Waals surface area contributed by atoms with Gasteiger partial charge in [0.2, 0.25) is 5.88 Å². The first kappa shape index (κ1) is 23.5. The lowest BCUT2D eigenvalue weighted by Crippen LogP contribution is -2.36. The molecule has 1 aliphatic carbocycles. The van der Waals surface area contributed by atoms with E-state index >= 15 is 0 Å². The molecule has 184 valence electrons. The lowest BCUT2D eigenvalue weighted by atomic mass is 9.81. The highest BCUT2D eigenvalue weighted by Crippen LogP contribution is 2.44. The van der Waals surface area contributed by atoms with Gasteiger partial charge in [-0.3, -0.25) is 14.5 Å². The number of hydrogen-bond donors (Lipinski definition) is 0. The Morgan fingerprint density at radius 2 is 1.97 bits per heavy atom. The summed E-state index contributed by atoms with van der Waals surface area (Å²) in [5.41, 5.74) is 2.37. The Kier molecular flexibility index (Phi) is 6.13. The van der Waals surface area contributed by atoms with Crippen molar-refractivity contribution in [3.8, 4) is 11.6 Å². The minimum atomic E-state index is -0.589. The van der Waals surface area contributed by atoms with Crippen molar-refractivity contribution >= 4 is 17.7 Å². The molecule has 0 unspecified atom stereocenters. The van der Waals surface area contributed by atoms with Crippen LogP contribution >= 0.6 is 11.6 Å². The average molecular weight is 497 g/mol. The quantitative estimate of drug-likeness (QED) is 0.482. The normalized spacial score (nSPS) is 22.1. The number of benzene rings is 1.